The van der Waals surface area contributed by atoms with Crippen molar-refractivity contribution in [1.82, 2.24) is 10.4 Å². The van der Waals surface area contributed by atoms with Gasteiger partial charge in [-0.05, 0) is 12.8 Å². The second kappa shape index (κ2) is 2.12. The molecule has 0 aliphatic carbocycles. The zero-order valence-electron chi connectivity index (χ0n) is 5.51. The smallest absolute Gasteiger partial charge is 0.0436 e. The highest BCUT2D eigenvalue weighted by Gasteiger charge is 2.22. The summed E-state index contributed by atoms with van der Waals surface area (Å²) in [7, 11) is 0. The van der Waals surface area contributed by atoms with Gasteiger partial charge in [0.1, 0.15) is 0 Å². The van der Waals surface area contributed by atoms with E-state index in [-0.39, 0.29) is 0 Å². The van der Waals surface area contributed by atoms with Gasteiger partial charge in [-0.3, -0.25) is 5.43 Å². The van der Waals surface area contributed by atoms with Crippen LogP contribution < -0.4 is 5.43 Å². The van der Waals surface area contributed by atoms with Gasteiger partial charge in [0.15, 0.2) is 0 Å². The topological polar surface area (TPSA) is 15.3 Å². The van der Waals surface area contributed by atoms with Crippen LogP contribution in [0.1, 0.15) is 12.8 Å². The fourth-order valence-electron chi connectivity index (χ4n) is 1.54. The molecular weight excluding hydrogens is 112 g/mol. The van der Waals surface area contributed by atoms with Crippen molar-refractivity contribution in [2.24, 2.45) is 0 Å². The zero-order valence-corrected chi connectivity index (χ0v) is 5.51. The lowest BCUT2D eigenvalue weighted by Crippen LogP contribution is -2.38. The van der Waals surface area contributed by atoms with Gasteiger partial charge in [0.2, 0.25) is 0 Å². The Labute approximate surface area is 55.5 Å². The molecule has 0 spiro atoms. The van der Waals surface area contributed by atoms with Gasteiger partial charge in [0.05, 0.1) is 0 Å². The second-order valence-corrected chi connectivity index (χ2v) is 2.67. The van der Waals surface area contributed by atoms with Gasteiger partial charge < -0.3 is 0 Å². The van der Waals surface area contributed by atoms with Crippen molar-refractivity contribution in [1.29, 1.82) is 0 Å². The van der Waals surface area contributed by atoms with E-state index in [9.17, 15) is 0 Å². The Morgan fingerprint density at radius 3 is 3.44 bits per heavy atom. The summed E-state index contributed by atoms with van der Waals surface area (Å²) in [6.07, 6.45) is 7.09. The molecule has 0 saturated carbocycles. The second-order valence-electron chi connectivity index (χ2n) is 2.67. The normalized spacial score (nSPS) is 34.9. The van der Waals surface area contributed by atoms with Crippen LogP contribution in [0.4, 0.5) is 0 Å². The molecule has 0 aromatic rings. The fourth-order valence-corrected chi connectivity index (χ4v) is 1.54. The molecule has 0 radical (unpaired) electrons. The molecule has 0 bridgehead atoms. The van der Waals surface area contributed by atoms with Crippen molar-refractivity contribution in [2.45, 2.75) is 18.9 Å². The van der Waals surface area contributed by atoms with E-state index in [0.717, 1.165) is 6.54 Å². The molecule has 1 fully saturated rings. The molecule has 0 aromatic heterocycles. The Kier molecular flexibility index (Phi) is 1.28. The van der Waals surface area contributed by atoms with Crippen LogP contribution in [0.3, 0.4) is 0 Å². The molecule has 1 N–H and O–H groups in total. The Balaban J connectivity index is 2.10. The highest BCUT2D eigenvalue weighted by molar-refractivity contribution is 5.00. The average Bonchev–Trinajstić information content (AvgIpc) is 2.33. The molecule has 2 rings (SSSR count). The molecule has 2 heterocycles. The van der Waals surface area contributed by atoms with Crippen LogP contribution in [-0.4, -0.2) is 24.1 Å². The Morgan fingerprint density at radius 1 is 1.56 bits per heavy atom. The lowest BCUT2D eigenvalue weighted by atomic mass is 10.1. The first-order valence-corrected chi connectivity index (χ1v) is 3.63. The van der Waals surface area contributed by atoms with Crippen LogP contribution in [0.15, 0.2) is 12.2 Å². The van der Waals surface area contributed by atoms with E-state index in [0.29, 0.717) is 6.04 Å². The maximum atomic E-state index is 3.34. The van der Waals surface area contributed by atoms with Crippen LogP contribution in [0.5, 0.6) is 0 Å². The summed E-state index contributed by atoms with van der Waals surface area (Å²) in [5.41, 5.74) is 3.34. The van der Waals surface area contributed by atoms with Crippen molar-refractivity contribution in [3.63, 3.8) is 0 Å². The number of fused-ring (bicyclic) bond motifs is 1. The van der Waals surface area contributed by atoms with E-state index in [4.69, 9.17) is 0 Å². The van der Waals surface area contributed by atoms with Crippen molar-refractivity contribution in [2.75, 3.05) is 13.1 Å². The van der Waals surface area contributed by atoms with Gasteiger partial charge in [-0.2, -0.15) is 0 Å². The molecule has 2 aliphatic rings. The molecule has 1 unspecified atom stereocenters. The Hall–Kier alpha value is -0.340. The maximum Gasteiger partial charge on any atom is 0.0436 e. The van der Waals surface area contributed by atoms with E-state index in [1.54, 1.807) is 0 Å². The maximum absolute atomic E-state index is 3.34. The summed E-state index contributed by atoms with van der Waals surface area (Å²) in [5, 5.41) is 2.33. The predicted molar refractivity (Wildman–Crippen MR) is 36.9 cm³/mol. The van der Waals surface area contributed by atoms with Crippen molar-refractivity contribution >= 4 is 0 Å². The highest BCUT2D eigenvalue weighted by Crippen LogP contribution is 2.14. The lowest BCUT2D eigenvalue weighted by molar-refractivity contribution is 0.210. The Bertz CT molecular complexity index is 131. The summed E-state index contributed by atoms with van der Waals surface area (Å²) in [4.78, 5) is 0. The quantitative estimate of drug-likeness (QED) is 0.474. The first-order chi connectivity index (χ1) is 4.47. The summed E-state index contributed by atoms with van der Waals surface area (Å²) in [5.74, 6) is 0. The van der Waals surface area contributed by atoms with Gasteiger partial charge in [-0.1, -0.05) is 12.2 Å². The van der Waals surface area contributed by atoms with Crippen LogP contribution in [0.25, 0.3) is 0 Å². The van der Waals surface area contributed by atoms with E-state index in [2.05, 4.69) is 22.6 Å². The number of hydrogen-bond acceptors (Lipinski definition) is 2. The third-order valence-corrected chi connectivity index (χ3v) is 2.05. The number of rotatable bonds is 0. The minimum atomic E-state index is 0.707. The van der Waals surface area contributed by atoms with Crippen molar-refractivity contribution in [3.8, 4) is 0 Å². The summed E-state index contributed by atoms with van der Waals surface area (Å²) >= 11 is 0. The molecule has 1 atom stereocenters. The van der Waals surface area contributed by atoms with Crippen molar-refractivity contribution in [3.05, 3.63) is 12.2 Å². The standard InChI is InChI=1S/C7H12N2/c1-2-6-9-7(3-1)4-5-8-9/h1,3,7-8H,2,4-6H2. The summed E-state index contributed by atoms with van der Waals surface area (Å²) < 4.78 is 0. The third-order valence-electron chi connectivity index (χ3n) is 2.05. The van der Waals surface area contributed by atoms with E-state index < -0.39 is 0 Å². The van der Waals surface area contributed by atoms with Crippen LogP contribution in [-0.2, 0) is 0 Å². The molecule has 1 saturated heterocycles. The van der Waals surface area contributed by atoms with E-state index in [1.165, 1.54) is 19.4 Å². The number of nitrogens with zero attached hydrogens (tertiary/aromatic N) is 1. The molecular formula is C7H12N2. The molecule has 2 aliphatic heterocycles. The SMILES string of the molecule is C1=CC2CCNN2CC1. The molecule has 0 aromatic carbocycles. The lowest BCUT2D eigenvalue weighted by Gasteiger charge is -2.23. The molecule has 0 amide bonds. The van der Waals surface area contributed by atoms with Crippen molar-refractivity contribution < 1.29 is 0 Å². The van der Waals surface area contributed by atoms with E-state index >= 15 is 0 Å². The molecule has 9 heavy (non-hydrogen) atoms. The fraction of sp³-hybridized carbons (Fsp3) is 0.714. The van der Waals surface area contributed by atoms with Gasteiger partial charge in [-0.15, -0.1) is 0 Å². The van der Waals surface area contributed by atoms with Gasteiger partial charge in [0, 0.05) is 19.1 Å². The molecule has 50 valence electrons. The van der Waals surface area contributed by atoms with Crippen LogP contribution >= 0.6 is 0 Å². The molecule has 2 heteroatoms. The number of hydrazine groups is 1. The summed E-state index contributed by atoms with van der Waals surface area (Å²) in [6, 6.07) is 0.707. The predicted octanol–water partition coefficient (Wildman–Crippen LogP) is 0.525. The van der Waals surface area contributed by atoms with Crippen LogP contribution in [0, 0.1) is 0 Å². The van der Waals surface area contributed by atoms with Gasteiger partial charge >= 0.3 is 0 Å². The van der Waals surface area contributed by atoms with Gasteiger partial charge in [-0.25, -0.2) is 5.01 Å². The zero-order chi connectivity index (χ0) is 6.10. The van der Waals surface area contributed by atoms with E-state index in [1.807, 2.05) is 0 Å². The van der Waals surface area contributed by atoms with Gasteiger partial charge in [0.25, 0.3) is 0 Å². The largest absolute Gasteiger partial charge is 0.255 e. The summed E-state index contributed by atoms with van der Waals surface area (Å²) in [6.45, 7) is 2.36. The third kappa shape index (κ3) is 0.884. The van der Waals surface area contributed by atoms with Crippen LogP contribution in [0.2, 0.25) is 0 Å². The first-order valence-electron chi connectivity index (χ1n) is 3.63. The number of nitrogens with one attached hydrogen (secondary N) is 1. The minimum absolute atomic E-state index is 0.707. The first kappa shape index (κ1) is 5.45. The number of hydrogen-bond donors (Lipinski definition) is 1. The Morgan fingerprint density at radius 2 is 2.56 bits per heavy atom. The highest BCUT2D eigenvalue weighted by atomic mass is 15.5. The monoisotopic (exact) mass is 124 g/mol. The minimum Gasteiger partial charge on any atom is -0.255 e. The molecule has 2 nitrogen and oxygen atoms in total. The average molecular weight is 124 g/mol.